The number of alkyl halides is 2. The molecule has 1 aliphatic heterocycles. The summed E-state index contributed by atoms with van der Waals surface area (Å²) in [5.41, 5.74) is 9.87. The van der Waals surface area contributed by atoms with Gasteiger partial charge in [-0.3, -0.25) is 4.79 Å². The number of carbonyl (C=O) groups is 1. The Hall–Kier alpha value is -2.96. The quantitative estimate of drug-likeness (QED) is 0.426. The largest absolute Gasteiger partial charge is 0.396 e. The van der Waals surface area contributed by atoms with Crippen molar-refractivity contribution in [3.63, 3.8) is 0 Å². The molecule has 4 N–H and O–H groups in total. The average Bonchev–Trinajstić information content (AvgIpc) is 3.45. The Morgan fingerprint density at radius 1 is 1.32 bits per heavy atom. The number of rotatable bonds is 7. The Balaban J connectivity index is 1.26. The van der Waals surface area contributed by atoms with Gasteiger partial charge in [-0.2, -0.15) is 0 Å². The van der Waals surface area contributed by atoms with E-state index in [1.165, 1.54) is 18.4 Å². The average molecular weight is 532 g/mol. The lowest BCUT2D eigenvalue weighted by Gasteiger charge is -2.27. The van der Waals surface area contributed by atoms with Gasteiger partial charge in [-0.25, -0.2) is 23.7 Å². The number of thiophene rings is 1. The van der Waals surface area contributed by atoms with Crippen LogP contribution < -0.4 is 21.3 Å². The maximum Gasteiger partial charge on any atom is 0.276 e. The van der Waals surface area contributed by atoms with Gasteiger partial charge in [-0.05, 0) is 44.9 Å². The van der Waals surface area contributed by atoms with Crippen molar-refractivity contribution in [3.05, 3.63) is 40.2 Å². The number of nitrogens with zero attached hydrogens (tertiary/aromatic N) is 4. The lowest BCUT2D eigenvalue weighted by molar-refractivity contribution is -0.107. The molecule has 0 radical (unpaired) electrons. The summed E-state index contributed by atoms with van der Waals surface area (Å²) < 4.78 is 34.0. The zero-order valence-electron chi connectivity index (χ0n) is 21.1. The highest BCUT2D eigenvalue weighted by Crippen LogP contribution is 2.36. The number of fused-ring (bicyclic) bond motifs is 2. The third kappa shape index (κ3) is 4.97. The van der Waals surface area contributed by atoms with Gasteiger partial charge >= 0.3 is 0 Å². The Kier molecular flexibility index (Phi) is 6.99. The number of pyridine rings is 1. The SMILES string of the molecule is CNC1CN(c2ccc3c(n2)CCC(NC(=O)c2sc4nc(C)cnc4c2N)C3)CC1C(F)(F)COC. The number of nitrogens with two attached hydrogens (primary N) is 1. The molecule has 1 aliphatic carbocycles. The molecule has 9 nitrogen and oxygen atoms in total. The van der Waals surface area contributed by atoms with Gasteiger partial charge in [0.15, 0.2) is 0 Å². The summed E-state index contributed by atoms with van der Waals surface area (Å²) in [6.45, 7) is 1.89. The van der Waals surface area contributed by atoms with Crippen molar-refractivity contribution in [1.29, 1.82) is 0 Å². The highest BCUT2D eigenvalue weighted by atomic mass is 32.1. The van der Waals surface area contributed by atoms with Gasteiger partial charge in [0.05, 0.1) is 17.3 Å². The summed E-state index contributed by atoms with van der Waals surface area (Å²) in [6, 6.07) is 3.46. The molecule has 0 saturated carbocycles. The fourth-order valence-corrected chi connectivity index (χ4v) is 6.30. The second kappa shape index (κ2) is 10.1. The highest BCUT2D eigenvalue weighted by Gasteiger charge is 2.49. The normalized spacial score (nSPS) is 21.9. The van der Waals surface area contributed by atoms with E-state index in [9.17, 15) is 13.6 Å². The number of nitrogen functional groups attached to an aromatic ring is 1. The lowest BCUT2D eigenvalue weighted by Crippen LogP contribution is -2.45. The van der Waals surface area contributed by atoms with Crippen molar-refractivity contribution >= 4 is 39.1 Å². The standard InChI is InChI=1S/C25H31F2N7O2S/c1-13-9-30-21-20(28)22(37-24(21)31-13)23(35)32-15-5-6-17-14(8-15)4-7-19(33-17)34-10-16(18(11-34)29-2)25(26,27)12-36-3/h4,7,9,15-16,18,29H,5-6,8,10-12,28H2,1-3H3,(H,32,35). The van der Waals surface area contributed by atoms with E-state index < -0.39 is 18.4 Å². The number of carbonyl (C=O) groups excluding carboxylic acids is 1. The minimum absolute atomic E-state index is 0.0579. The van der Waals surface area contributed by atoms with Crippen molar-refractivity contribution in [2.24, 2.45) is 5.92 Å². The van der Waals surface area contributed by atoms with Crippen LogP contribution in [0.25, 0.3) is 10.3 Å². The van der Waals surface area contributed by atoms with Gasteiger partial charge in [0, 0.05) is 44.2 Å². The van der Waals surface area contributed by atoms with E-state index in [4.69, 9.17) is 15.5 Å². The zero-order valence-corrected chi connectivity index (χ0v) is 21.9. The molecule has 198 valence electrons. The predicted molar refractivity (Wildman–Crippen MR) is 139 cm³/mol. The molecule has 37 heavy (non-hydrogen) atoms. The number of halogens is 2. The van der Waals surface area contributed by atoms with Gasteiger partial charge in [0.1, 0.15) is 27.6 Å². The first kappa shape index (κ1) is 25.7. The van der Waals surface area contributed by atoms with Crippen LogP contribution in [-0.2, 0) is 17.6 Å². The smallest absolute Gasteiger partial charge is 0.276 e. The monoisotopic (exact) mass is 531 g/mol. The minimum Gasteiger partial charge on any atom is -0.396 e. The number of methoxy groups -OCH3 is 1. The lowest BCUT2D eigenvalue weighted by atomic mass is 9.91. The molecule has 12 heteroatoms. The van der Waals surface area contributed by atoms with Crippen molar-refractivity contribution in [2.75, 3.05) is 44.5 Å². The van der Waals surface area contributed by atoms with Gasteiger partial charge in [-0.15, -0.1) is 11.3 Å². The molecular weight excluding hydrogens is 500 g/mol. The van der Waals surface area contributed by atoms with Crippen molar-refractivity contribution < 1.29 is 18.3 Å². The molecule has 3 aromatic heterocycles. The molecule has 2 aliphatic rings. The number of hydrogen-bond acceptors (Lipinski definition) is 9. The van der Waals surface area contributed by atoms with Crippen LogP contribution in [0.3, 0.4) is 0 Å². The van der Waals surface area contributed by atoms with E-state index in [1.807, 2.05) is 24.0 Å². The van der Waals surface area contributed by atoms with Crippen LogP contribution >= 0.6 is 11.3 Å². The maximum absolute atomic E-state index is 14.6. The summed E-state index contributed by atoms with van der Waals surface area (Å²) in [5, 5.41) is 6.14. The summed E-state index contributed by atoms with van der Waals surface area (Å²) >= 11 is 1.25. The Bertz CT molecular complexity index is 1320. The molecule has 0 spiro atoms. The fraction of sp³-hybridized carbons (Fsp3) is 0.520. The van der Waals surface area contributed by atoms with Crippen LogP contribution in [0.1, 0.15) is 33.0 Å². The number of aryl methyl sites for hydroxylation is 2. The predicted octanol–water partition coefficient (Wildman–Crippen LogP) is 2.57. The highest BCUT2D eigenvalue weighted by molar-refractivity contribution is 7.21. The molecule has 1 saturated heterocycles. The minimum atomic E-state index is -2.93. The number of nitrogens with one attached hydrogen (secondary N) is 2. The first-order chi connectivity index (χ1) is 17.7. The second-order valence-corrected chi connectivity index (χ2v) is 10.8. The molecular formula is C25H31F2N7O2S. The molecule has 4 heterocycles. The topological polar surface area (TPSA) is 118 Å². The number of ether oxygens (including phenoxy) is 1. The van der Waals surface area contributed by atoms with E-state index in [0.717, 1.165) is 23.4 Å². The van der Waals surface area contributed by atoms with Crippen LogP contribution in [0, 0.1) is 12.8 Å². The Morgan fingerprint density at radius 3 is 2.89 bits per heavy atom. The molecule has 5 rings (SSSR count). The third-order valence-corrected chi connectivity index (χ3v) is 8.33. The van der Waals surface area contributed by atoms with E-state index in [2.05, 4.69) is 20.6 Å². The molecule has 3 unspecified atom stereocenters. The van der Waals surface area contributed by atoms with E-state index in [-0.39, 0.29) is 24.5 Å². The van der Waals surface area contributed by atoms with Gasteiger partial charge < -0.3 is 26.0 Å². The van der Waals surface area contributed by atoms with E-state index >= 15 is 0 Å². The fourth-order valence-electron chi connectivity index (χ4n) is 5.30. The second-order valence-electron chi connectivity index (χ2n) is 9.80. The number of amides is 1. The van der Waals surface area contributed by atoms with E-state index in [1.54, 1.807) is 13.2 Å². The van der Waals surface area contributed by atoms with Gasteiger partial charge in [0.25, 0.3) is 11.8 Å². The molecule has 1 amide bonds. The van der Waals surface area contributed by atoms with Crippen LogP contribution in [0.5, 0.6) is 0 Å². The maximum atomic E-state index is 14.6. The van der Waals surface area contributed by atoms with E-state index in [0.29, 0.717) is 46.1 Å². The van der Waals surface area contributed by atoms with Crippen molar-refractivity contribution in [1.82, 2.24) is 25.6 Å². The van der Waals surface area contributed by atoms with Crippen molar-refractivity contribution in [3.8, 4) is 0 Å². The number of likely N-dealkylation sites (N-methyl/N-ethyl adjacent to an activating group) is 1. The summed E-state index contributed by atoms with van der Waals surface area (Å²) in [4.78, 5) is 29.6. The molecule has 1 fully saturated rings. The van der Waals surface area contributed by atoms with Crippen molar-refractivity contribution in [2.45, 2.75) is 44.2 Å². The molecule has 3 aromatic rings. The number of anilines is 2. The Labute approximate surface area is 217 Å². The number of aromatic nitrogens is 3. The third-order valence-electron chi connectivity index (χ3n) is 7.24. The van der Waals surface area contributed by atoms with Gasteiger partial charge in [-0.1, -0.05) is 6.07 Å². The van der Waals surface area contributed by atoms with Crippen LogP contribution in [0.2, 0.25) is 0 Å². The van der Waals surface area contributed by atoms with Crippen LogP contribution in [0.4, 0.5) is 20.3 Å². The summed E-state index contributed by atoms with van der Waals surface area (Å²) in [6.07, 6.45) is 3.69. The summed E-state index contributed by atoms with van der Waals surface area (Å²) in [5.74, 6) is -3.33. The van der Waals surface area contributed by atoms with Gasteiger partial charge in [0.2, 0.25) is 0 Å². The number of hydrogen-bond donors (Lipinski definition) is 3. The van der Waals surface area contributed by atoms with Crippen LogP contribution in [0.15, 0.2) is 18.3 Å². The Morgan fingerprint density at radius 2 is 2.14 bits per heavy atom. The first-order valence-corrected chi connectivity index (χ1v) is 13.1. The summed E-state index contributed by atoms with van der Waals surface area (Å²) in [7, 11) is 3.00. The first-order valence-electron chi connectivity index (χ1n) is 12.3. The molecule has 0 aromatic carbocycles. The zero-order chi connectivity index (χ0) is 26.3. The molecule has 0 bridgehead atoms. The molecule has 3 atom stereocenters. The van der Waals surface area contributed by atoms with Crippen LogP contribution in [-0.4, -0.2) is 72.7 Å².